The van der Waals surface area contributed by atoms with Crippen LogP contribution in [0, 0.1) is 0 Å². The number of aromatic nitrogens is 1. The van der Waals surface area contributed by atoms with Crippen LogP contribution < -0.4 is 0 Å². The van der Waals surface area contributed by atoms with E-state index in [2.05, 4.69) is 20.9 Å². The predicted octanol–water partition coefficient (Wildman–Crippen LogP) is 3.40. The van der Waals surface area contributed by atoms with E-state index in [-0.39, 0.29) is 12.6 Å². The fourth-order valence-corrected chi connectivity index (χ4v) is 2.33. The van der Waals surface area contributed by atoms with E-state index in [9.17, 15) is 4.79 Å². The van der Waals surface area contributed by atoms with Crippen molar-refractivity contribution in [2.24, 2.45) is 0 Å². The van der Waals surface area contributed by atoms with Crippen LogP contribution in [0.15, 0.2) is 39.4 Å². The van der Waals surface area contributed by atoms with E-state index in [4.69, 9.17) is 9.52 Å². The minimum atomic E-state index is -0.859. The number of benzene rings is 1. The monoisotopic (exact) mass is 352 g/mol. The summed E-state index contributed by atoms with van der Waals surface area (Å²) in [4.78, 5) is 16.9. The van der Waals surface area contributed by atoms with Gasteiger partial charge in [-0.05, 0) is 26.0 Å². The van der Waals surface area contributed by atoms with Gasteiger partial charge in [-0.15, -0.1) is 0 Å². The van der Waals surface area contributed by atoms with Gasteiger partial charge >= 0.3 is 5.97 Å². The van der Waals surface area contributed by atoms with Gasteiger partial charge in [0.15, 0.2) is 5.76 Å². The van der Waals surface area contributed by atoms with E-state index in [1.54, 1.807) is 11.1 Å². The molecule has 1 aromatic carbocycles. The van der Waals surface area contributed by atoms with Crippen molar-refractivity contribution in [3.8, 4) is 11.3 Å². The van der Waals surface area contributed by atoms with E-state index in [0.717, 1.165) is 10.0 Å². The van der Waals surface area contributed by atoms with Crippen molar-refractivity contribution >= 4 is 21.9 Å². The number of carboxylic acids is 1. The zero-order valence-corrected chi connectivity index (χ0v) is 13.5. The van der Waals surface area contributed by atoms with Crippen molar-refractivity contribution in [2.45, 2.75) is 26.4 Å². The first-order valence-electron chi connectivity index (χ1n) is 6.62. The van der Waals surface area contributed by atoms with Crippen molar-refractivity contribution in [3.63, 3.8) is 0 Å². The first-order valence-corrected chi connectivity index (χ1v) is 7.41. The number of nitrogens with zero attached hydrogens (tertiary/aromatic N) is 2. The Balaban J connectivity index is 2.14. The Hall–Kier alpha value is -1.66. The van der Waals surface area contributed by atoms with Crippen LogP contribution in [0.25, 0.3) is 11.3 Å². The van der Waals surface area contributed by atoms with E-state index >= 15 is 0 Å². The highest BCUT2D eigenvalue weighted by Crippen LogP contribution is 2.24. The summed E-state index contributed by atoms with van der Waals surface area (Å²) in [5, 5.41) is 8.93. The van der Waals surface area contributed by atoms with Crippen LogP contribution in [0.4, 0.5) is 0 Å². The lowest BCUT2D eigenvalue weighted by Gasteiger charge is -2.22. The van der Waals surface area contributed by atoms with Gasteiger partial charge in [-0.25, -0.2) is 4.98 Å². The minimum Gasteiger partial charge on any atom is -0.480 e. The molecule has 112 valence electrons. The van der Waals surface area contributed by atoms with E-state index in [1.807, 2.05) is 38.1 Å². The lowest BCUT2D eigenvalue weighted by Crippen LogP contribution is -2.35. The highest BCUT2D eigenvalue weighted by molar-refractivity contribution is 9.10. The summed E-state index contributed by atoms with van der Waals surface area (Å²) in [6.07, 6.45) is 1.66. The summed E-state index contributed by atoms with van der Waals surface area (Å²) < 4.78 is 6.69. The van der Waals surface area contributed by atoms with Gasteiger partial charge in [-0.2, -0.15) is 0 Å². The van der Waals surface area contributed by atoms with Gasteiger partial charge in [0.2, 0.25) is 5.89 Å². The smallest absolute Gasteiger partial charge is 0.317 e. The molecule has 0 fully saturated rings. The molecule has 2 rings (SSSR count). The second-order valence-electron chi connectivity index (χ2n) is 5.02. The molecule has 0 aliphatic carbocycles. The molecule has 1 aromatic heterocycles. The number of carbonyl (C=O) groups is 1. The first kappa shape index (κ1) is 15.7. The predicted molar refractivity (Wildman–Crippen MR) is 82.8 cm³/mol. The largest absolute Gasteiger partial charge is 0.480 e. The number of hydrogen-bond donors (Lipinski definition) is 1. The molecule has 6 heteroatoms. The standard InChI is InChI=1S/C15H17BrN2O3/c1-10(2)18(9-15(19)20)8-14-17-7-13(21-14)11-4-3-5-12(16)6-11/h3-7,10H,8-9H2,1-2H3,(H,19,20). The van der Waals surface area contributed by atoms with Crippen molar-refractivity contribution in [1.29, 1.82) is 0 Å². The molecule has 21 heavy (non-hydrogen) atoms. The third kappa shape index (κ3) is 4.41. The van der Waals surface area contributed by atoms with Gasteiger partial charge in [0.25, 0.3) is 0 Å². The molecule has 0 aliphatic rings. The highest BCUT2D eigenvalue weighted by Gasteiger charge is 2.17. The summed E-state index contributed by atoms with van der Waals surface area (Å²) in [5.41, 5.74) is 0.928. The minimum absolute atomic E-state index is 0.0355. The molecule has 5 nitrogen and oxygen atoms in total. The van der Waals surface area contributed by atoms with Crippen LogP contribution in [0.1, 0.15) is 19.7 Å². The van der Waals surface area contributed by atoms with Crippen molar-refractivity contribution < 1.29 is 14.3 Å². The summed E-state index contributed by atoms with van der Waals surface area (Å²) in [5.74, 6) is 0.327. The average molecular weight is 353 g/mol. The van der Waals surface area contributed by atoms with Gasteiger partial charge < -0.3 is 9.52 Å². The molecule has 0 saturated heterocycles. The molecular formula is C15H17BrN2O3. The Morgan fingerprint density at radius 3 is 2.86 bits per heavy atom. The summed E-state index contributed by atoms with van der Waals surface area (Å²) in [7, 11) is 0. The second-order valence-corrected chi connectivity index (χ2v) is 5.94. The molecule has 0 spiro atoms. The highest BCUT2D eigenvalue weighted by atomic mass is 79.9. The molecule has 2 aromatic rings. The Bertz CT molecular complexity index is 625. The molecule has 0 saturated carbocycles. The molecule has 0 radical (unpaired) electrons. The van der Waals surface area contributed by atoms with Gasteiger partial charge in [-0.3, -0.25) is 9.69 Å². The molecule has 0 aliphatic heterocycles. The van der Waals surface area contributed by atoms with Crippen LogP contribution >= 0.6 is 15.9 Å². The van der Waals surface area contributed by atoms with Crippen LogP contribution in [0.3, 0.4) is 0 Å². The van der Waals surface area contributed by atoms with Gasteiger partial charge in [-0.1, -0.05) is 28.1 Å². The Morgan fingerprint density at radius 1 is 1.48 bits per heavy atom. The SMILES string of the molecule is CC(C)N(CC(=O)O)Cc1ncc(-c2cccc(Br)c2)o1. The van der Waals surface area contributed by atoms with E-state index < -0.39 is 5.97 Å². The molecule has 0 amide bonds. The number of hydrogen-bond acceptors (Lipinski definition) is 4. The zero-order valence-electron chi connectivity index (χ0n) is 11.9. The van der Waals surface area contributed by atoms with Gasteiger partial charge in [0, 0.05) is 16.1 Å². The van der Waals surface area contributed by atoms with Crippen LogP contribution in [-0.2, 0) is 11.3 Å². The molecule has 0 unspecified atom stereocenters. The topological polar surface area (TPSA) is 66.6 Å². The number of oxazole rings is 1. The van der Waals surface area contributed by atoms with E-state index in [1.165, 1.54) is 0 Å². The zero-order chi connectivity index (χ0) is 15.4. The van der Waals surface area contributed by atoms with Crippen molar-refractivity contribution in [2.75, 3.05) is 6.54 Å². The number of carboxylic acid groups (broad SMARTS) is 1. The summed E-state index contributed by atoms with van der Waals surface area (Å²) in [6.45, 7) is 4.23. The quantitative estimate of drug-likeness (QED) is 0.862. The third-order valence-electron chi connectivity index (χ3n) is 3.07. The number of rotatable bonds is 6. The average Bonchev–Trinajstić information content (AvgIpc) is 2.86. The van der Waals surface area contributed by atoms with Crippen LogP contribution in [0.2, 0.25) is 0 Å². The number of aliphatic carboxylic acids is 1. The van der Waals surface area contributed by atoms with Crippen LogP contribution in [-0.4, -0.2) is 33.5 Å². The Labute approximate surface area is 131 Å². The second kappa shape index (κ2) is 6.87. The number of halogens is 1. The molecule has 1 N–H and O–H groups in total. The molecule has 1 heterocycles. The van der Waals surface area contributed by atoms with Crippen LogP contribution in [0.5, 0.6) is 0 Å². The first-order chi connectivity index (χ1) is 9.95. The Kier molecular flexibility index (Phi) is 5.14. The van der Waals surface area contributed by atoms with Gasteiger partial charge in [0.1, 0.15) is 0 Å². The maximum atomic E-state index is 10.9. The van der Waals surface area contributed by atoms with Crippen molar-refractivity contribution in [3.05, 3.63) is 40.8 Å². The van der Waals surface area contributed by atoms with Gasteiger partial charge in [0.05, 0.1) is 19.3 Å². The maximum absolute atomic E-state index is 10.9. The fourth-order valence-electron chi connectivity index (χ4n) is 1.93. The fraction of sp³-hybridized carbons (Fsp3) is 0.333. The third-order valence-corrected chi connectivity index (χ3v) is 3.56. The van der Waals surface area contributed by atoms with Crippen molar-refractivity contribution in [1.82, 2.24) is 9.88 Å². The molecule has 0 atom stereocenters. The normalized spacial score (nSPS) is 11.3. The molecular weight excluding hydrogens is 336 g/mol. The summed E-state index contributed by atoms with van der Waals surface area (Å²) in [6, 6.07) is 7.84. The lowest BCUT2D eigenvalue weighted by atomic mass is 10.2. The Morgan fingerprint density at radius 2 is 2.24 bits per heavy atom. The summed E-state index contributed by atoms with van der Waals surface area (Å²) >= 11 is 3.42. The lowest BCUT2D eigenvalue weighted by molar-refractivity contribution is -0.139. The van der Waals surface area contributed by atoms with E-state index in [0.29, 0.717) is 18.2 Å². The maximum Gasteiger partial charge on any atom is 0.317 e. The molecule has 0 bridgehead atoms.